The summed E-state index contributed by atoms with van der Waals surface area (Å²) in [5.74, 6) is -3.87. The molecule has 0 aliphatic carbocycles. The van der Waals surface area contributed by atoms with Crippen LogP contribution in [0.1, 0.15) is 47.1 Å². The fourth-order valence-electron chi connectivity index (χ4n) is 8.48. The van der Waals surface area contributed by atoms with Gasteiger partial charge in [-0.3, -0.25) is 43.7 Å². The van der Waals surface area contributed by atoms with E-state index in [0.717, 1.165) is 34.7 Å². The van der Waals surface area contributed by atoms with Gasteiger partial charge in [0, 0.05) is 71.0 Å². The second kappa shape index (κ2) is 27.0. The highest BCUT2D eigenvalue weighted by Gasteiger charge is 2.35. The number of benzene rings is 3. The number of piperidine rings is 1. The van der Waals surface area contributed by atoms with Crippen molar-refractivity contribution in [3.8, 4) is 16.9 Å². The molecule has 3 aromatic rings. The maximum Gasteiger partial charge on any atom is 0.417 e. The maximum absolute atomic E-state index is 14.8. The molecule has 0 saturated carbocycles. The third-order valence-electron chi connectivity index (χ3n) is 12.1. The van der Waals surface area contributed by atoms with Crippen molar-refractivity contribution < 1.29 is 67.0 Å². The average Bonchev–Trinajstić information content (AvgIpc) is 3.28. The maximum atomic E-state index is 14.8. The van der Waals surface area contributed by atoms with Crippen molar-refractivity contribution in [3.63, 3.8) is 0 Å². The molecule has 0 unspecified atom stereocenters. The lowest BCUT2D eigenvalue weighted by Gasteiger charge is -2.33. The summed E-state index contributed by atoms with van der Waals surface area (Å²) < 4.78 is 62.1. The molecule has 2 saturated heterocycles. The first-order chi connectivity index (χ1) is 32.6. The molecular weight excluding hydrogens is 892 g/mol. The summed E-state index contributed by atoms with van der Waals surface area (Å²) in [6.45, 7) is 5.73. The molecule has 2 aliphatic rings. The molecule has 0 radical (unpaired) electrons. The van der Waals surface area contributed by atoms with Gasteiger partial charge in [-0.1, -0.05) is 67.1 Å². The summed E-state index contributed by atoms with van der Waals surface area (Å²) in [7, 11) is 0. The molecule has 0 amide bonds. The Morgan fingerprint density at radius 1 is 0.647 bits per heavy atom. The second-order valence-corrected chi connectivity index (χ2v) is 17.0. The SMILES string of the molecule is Cc1c(/C=C/c2cc(OCCOCCOCCN3CCN(CC(=O)O)CCN(CC(=O)O)CCN(CC(=O)O)CC3)c(CN3CCCC[C@H]3C(=O)O)cc2C(F)(F)F)cccc1-c1ccccc1. The molecule has 5 rings (SSSR count). The van der Waals surface area contributed by atoms with E-state index in [9.17, 15) is 52.8 Å². The van der Waals surface area contributed by atoms with E-state index in [1.165, 1.54) is 12.1 Å². The highest BCUT2D eigenvalue weighted by Crippen LogP contribution is 2.38. The molecule has 0 spiro atoms. The van der Waals surface area contributed by atoms with E-state index < -0.39 is 41.7 Å². The predicted octanol–water partition coefficient (Wildman–Crippen LogP) is 5.18. The Hall–Kier alpha value is -5.41. The number of hydrogen-bond acceptors (Lipinski definition) is 12. The number of nitrogens with zero attached hydrogens (tertiary/aromatic N) is 5. The monoisotopic (exact) mass is 955 g/mol. The number of rotatable bonds is 22. The van der Waals surface area contributed by atoms with E-state index in [2.05, 4.69) is 4.90 Å². The number of hydrogen-bond donors (Lipinski definition) is 4. The van der Waals surface area contributed by atoms with Crippen molar-refractivity contribution in [2.24, 2.45) is 0 Å². The van der Waals surface area contributed by atoms with Crippen LogP contribution in [0.25, 0.3) is 23.3 Å². The van der Waals surface area contributed by atoms with Crippen molar-refractivity contribution in [3.05, 3.63) is 88.5 Å². The molecule has 0 bridgehead atoms. The van der Waals surface area contributed by atoms with Crippen LogP contribution < -0.4 is 4.74 Å². The quantitative estimate of drug-likeness (QED) is 0.0760. The lowest BCUT2D eigenvalue weighted by molar-refractivity contribution is -0.145. The van der Waals surface area contributed by atoms with Crippen LogP contribution in [0.2, 0.25) is 0 Å². The summed E-state index contributed by atoms with van der Waals surface area (Å²) in [6, 6.07) is 17.0. The summed E-state index contributed by atoms with van der Waals surface area (Å²) in [5.41, 5.74) is 2.84. The molecule has 68 heavy (non-hydrogen) atoms. The fraction of sp³-hybridized carbons (Fsp3) is 0.510. The van der Waals surface area contributed by atoms with Gasteiger partial charge in [-0.05, 0) is 66.3 Å². The first-order valence-corrected chi connectivity index (χ1v) is 22.9. The number of carboxylic acids is 4. The van der Waals surface area contributed by atoms with E-state index in [-0.39, 0.29) is 69.5 Å². The Morgan fingerprint density at radius 3 is 1.75 bits per heavy atom. The topological polar surface area (TPSA) is 193 Å². The number of halogens is 3. The first kappa shape index (κ1) is 53.5. The standard InChI is InChI=1S/C49H64F3N5O11/c1-36-37(10-7-11-41(36)38-8-3-2-4-9-38)13-14-39-31-44(40(30-42(39)49(50,51)52)32-57-15-6-5-12-43(57)48(64)65)68-29-28-67-27-26-66-25-24-53-16-18-54(33-45(58)59)20-22-56(35-47(62)63)23-21-55(19-17-53)34-46(60)61/h2-4,7-11,13-14,30-31,43H,5-6,12,15-29,32-35H2,1H3,(H,58,59)(H,60,61)(H,62,63)(H,64,65)/b14-13+/t43-/m0/s1. The highest BCUT2D eigenvalue weighted by atomic mass is 19.4. The average molecular weight is 956 g/mol. The molecule has 2 heterocycles. The molecule has 2 aliphatic heterocycles. The fourth-order valence-corrected chi connectivity index (χ4v) is 8.48. The molecular formula is C49H64F3N5O11. The van der Waals surface area contributed by atoms with E-state index >= 15 is 0 Å². The highest BCUT2D eigenvalue weighted by molar-refractivity contribution is 5.79. The van der Waals surface area contributed by atoms with Crippen molar-refractivity contribution in [1.82, 2.24) is 24.5 Å². The van der Waals surface area contributed by atoms with Crippen LogP contribution in [0.5, 0.6) is 5.75 Å². The smallest absolute Gasteiger partial charge is 0.417 e. The van der Waals surface area contributed by atoms with Crippen LogP contribution in [0.3, 0.4) is 0 Å². The third kappa shape index (κ3) is 17.6. The van der Waals surface area contributed by atoms with E-state index in [0.29, 0.717) is 84.9 Å². The number of alkyl halides is 3. The van der Waals surface area contributed by atoms with Gasteiger partial charge in [-0.25, -0.2) is 0 Å². The Balaban J connectivity index is 1.21. The number of carboxylic acid groups (broad SMARTS) is 4. The minimum absolute atomic E-state index is 0.0103. The van der Waals surface area contributed by atoms with Gasteiger partial charge in [0.1, 0.15) is 18.4 Å². The second-order valence-electron chi connectivity index (χ2n) is 17.0. The normalized spacial score (nSPS) is 18.0. The predicted molar refractivity (Wildman–Crippen MR) is 248 cm³/mol. The first-order valence-electron chi connectivity index (χ1n) is 22.9. The molecule has 2 fully saturated rings. The lowest BCUT2D eigenvalue weighted by atomic mass is 9.95. The Bertz CT molecular complexity index is 2110. The van der Waals surface area contributed by atoms with E-state index in [1.54, 1.807) is 25.7 Å². The summed E-state index contributed by atoms with van der Waals surface area (Å²) in [5, 5.41) is 38.3. The molecule has 16 nitrogen and oxygen atoms in total. The molecule has 1 atom stereocenters. The van der Waals surface area contributed by atoms with Crippen molar-refractivity contribution in [1.29, 1.82) is 0 Å². The largest absolute Gasteiger partial charge is 0.491 e. The lowest BCUT2D eigenvalue weighted by Crippen LogP contribution is -2.48. The van der Waals surface area contributed by atoms with Crippen LogP contribution >= 0.6 is 0 Å². The zero-order chi connectivity index (χ0) is 49.1. The van der Waals surface area contributed by atoms with Crippen molar-refractivity contribution in [2.45, 2.75) is 44.9 Å². The summed E-state index contributed by atoms with van der Waals surface area (Å²) >= 11 is 0. The van der Waals surface area contributed by atoms with Crippen LogP contribution in [-0.4, -0.2) is 193 Å². The van der Waals surface area contributed by atoms with Gasteiger partial charge in [0.2, 0.25) is 0 Å². The van der Waals surface area contributed by atoms with E-state index in [4.69, 9.17) is 14.2 Å². The van der Waals surface area contributed by atoms with Crippen molar-refractivity contribution >= 4 is 36.0 Å². The number of likely N-dealkylation sites (tertiary alicyclic amines) is 1. The Labute approximate surface area is 395 Å². The molecule has 4 N–H and O–H groups in total. The third-order valence-corrected chi connectivity index (χ3v) is 12.1. The zero-order valence-electron chi connectivity index (χ0n) is 38.6. The molecule has 0 aromatic heterocycles. The Morgan fingerprint density at radius 2 is 1.19 bits per heavy atom. The van der Waals surface area contributed by atoms with Crippen LogP contribution in [0.4, 0.5) is 13.2 Å². The van der Waals surface area contributed by atoms with Gasteiger partial charge in [0.15, 0.2) is 0 Å². The molecule has 3 aromatic carbocycles. The van der Waals surface area contributed by atoms with Gasteiger partial charge in [-0.2, -0.15) is 13.2 Å². The minimum Gasteiger partial charge on any atom is -0.491 e. The molecule has 372 valence electrons. The van der Waals surface area contributed by atoms with Crippen molar-refractivity contribution in [2.75, 3.05) is 118 Å². The summed E-state index contributed by atoms with van der Waals surface area (Å²) in [6.07, 6.45) is 0.182. The van der Waals surface area contributed by atoms with Gasteiger partial charge in [0.25, 0.3) is 0 Å². The van der Waals surface area contributed by atoms with Crippen LogP contribution in [0, 0.1) is 6.92 Å². The summed E-state index contributed by atoms with van der Waals surface area (Å²) in [4.78, 5) is 55.8. The number of aliphatic carboxylic acids is 4. The van der Waals surface area contributed by atoms with Gasteiger partial charge in [-0.15, -0.1) is 0 Å². The van der Waals surface area contributed by atoms with Gasteiger partial charge in [0.05, 0.1) is 51.6 Å². The van der Waals surface area contributed by atoms with Crippen LogP contribution in [-0.2, 0) is 41.4 Å². The van der Waals surface area contributed by atoms with Gasteiger partial charge < -0.3 is 34.6 Å². The minimum atomic E-state index is -4.72. The van der Waals surface area contributed by atoms with Crippen LogP contribution in [0.15, 0.2) is 60.7 Å². The molecule has 19 heteroatoms. The van der Waals surface area contributed by atoms with Gasteiger partial charge >= 0.3 is 30.1 Å². The zero-order valence-corrected chi connectivity index (χ0v) is 38.6. The van der Waals surface area contributed by atoms with E-state index in [1.807, 2.05) is 55.5 Å². The number of ether oxygens (including phenoxy) is 3. The number of carbonyl (C=O) groups is 4. The Kier molecular flexibility index (Phi) is 21.2.